The van der Waals surface area contributed by atoms with Crippen LogP contribution in [0.25, 0.3) is 0 Å². The van der Waals surface area contributed by atoms with Crippen LogP contribution in [-0.2, 0) is 4.84 Å². The average Bonchev–Trinajstić information content (AvgIpc) is 3.01. The zero-order valence-corrected chi connectivity index (χ0v) is 19.1. The number of aliphatic hydroxyl groups is 1. The first-order chi connectivity index (χ1) is 13.8. The molecule has 29 heavy (non-hydrogen) atoms. The minimum absolute atomic E-state index is 0.107. The molecule has 0 saturated heterocycles. The molecule has 0 aromatic carbocycles. The summed E-state index contributed by atoms with van der Waals surface area (Å²) in [7, 11) is 4.19. The molecule has 0 unspecified atom stereocenters. The van der Waals surface area contributed by atoms with E-state index < -0.39 is 0 Å². The van der Waals surface area contributed by atoms with Gasteiger partial charge in [0.2, 0.25) is 0 Å². The van der Waals surface area contributed by atoms with Crippen molar-refractivity contribution in [2.24, 2.45) is 39.7 Å². The van der Waals surface area contributed by atoms with Gasteiger partial charge in [-0.15, -0.1) is 0 Å². The smallest absolute Gasteiger partial charge is 0.118 e. The number of fused-ring (bicyclic) bond motifs is 5. The molecule has 0 bridgehead atoms. The maximum Gasteiger partial charge on any atom is 0.118 e. The Hall–Kier alpha value is -0.870. The molecule has 0 spiro atoms. The molecule has 0 aromatic rings. The molecule has 4 aliphatic rings. The van der Waals surface area contributed by atoms with E-state index in [2.05, 4.69) is 50.3 Å². The van der Waals surface area contributed by atoms with Crippen LogP contribution in [0.1, 0.15) is 71.6 Å². The molecular formula is C25H42N2O2. The lowest BCUT2D eigenvalue weighted by atomic mass is 9.47. The molecule has 0 aliphatic heterocycles. The Bertz CT molecular complexity index is 645. The minimum atomic E-state index is -0.107. The quantitative estimate of drug-likeness (QED) is 0.298. The summed E-state index contributed by atoms with van der Waals surface area (Å²) in [5, 5.41) is 14.6. The van der Waals surface area contributed by atoms with Gasteiger partial charge in [0.15, 0.2) is 0 Å². The molecule has 0 radical (unpaired) electrons. The van der Waals surface area contributed by atoms with Gasteiger partial charge in [-0.25, -0.2) is 0 Å². The van der Waals surface area contributed by atoms with Gasteiger partial charge < -0.3 is 14.8 Å². The molecule has 4 heteroatoms. The van der Waals surface area contributed by atoms with Crippen molar-refractivity contribution in [1.82, 2.24) is 4.90 Å². The molecule has 0 amide bonds. The molecule has 4 nitrogen and oxygen atoms in total. The Morgan fingerprint density at radius 1 is 1.17 bits per heavy atom. The lowest BCUT2D eigenvalue weighted by molar-refractivity contribution is -0.0421. The number of hydrogen-bond acceptors (Lipinski definition) is 4. The largest absolute Gasteiger partial charge is 0.396 e. The van der Waals surface area contributed by atoms with E-state index in [1.807, 2.05) is 0 Å². The number of allylic oxidation sites excluding steroid dienone is 1. The fourth-order valence-corrected chi connectivity index (χ4v) is 7.54. The van der Waals surface area contributed by atoms with E-state index in [0.29, 0.717) is 23.4 Å². The SMILES string of the molecule is CN(C)CCCON=C[C@H]1CC[C@H]2[C@@H]3CC=C4C[C@@H](O)CC[C@]4(C)[C@H]3CC[C@]12C. The van der Waals surface area contributed by atoms with Gasteiger partial charge in [-0.05, 0) is 100 Å². The van der Waals surface area contributed by atoms with E-state index >= 15 is 0 Å². The summed E-state index contributed by atoms with van der Waals surface area (Å²) in [5.41, 5.74) is 2.29. The maximum atomic E-state index is 10.2. The van der Waals surface area contributed by atoms with Crippen molar-refractivity contribution in [2.45, 2.75) is 77.7 Å². The Labute approximate surface area is 177 Å². The number of hydrogen-bond donors (Lipinski definition) is 1. The van der Waals surface area contributed by atoms with Crippen molar-refractivity contribution >= 4 is 6.21 Å². The highest BCUT2D eigenvalue weighted by molar-refractivity contribution is 5.62. The average molecular weight is 403 g/mol. The summed E-state index contributed by atoms with van der Waals surface area (Å²) < 4.78 is 0. The lowest BCUT2D eigenvalue weighted by Gasteiger charge is -2.57. The molecule has 164 valence electrons. The van der Waals surface area contributed by atoms with Gasteiger partial charge >= 0.3 is 0 Å². The lowest BCUT2D eigenvalue weighted by Crippen LogP contribution is -2.50. The number of aliphatic hydroxyl groups excluding tert-OH is 1. The van der Waals surface area contributed by atoms with Crippen molar-refractivity contribution in [3.05, 3.63) is 11.6 Å². The van der Waals surface area contributed by atoms with Crippen molar-refractivity contribution in [3.8, 4) is 0 Å². The first-order valence-electron chi connectivity index (χ1n) is 12.0. The summed E-state index contributed by atoms with van der Waals surface area (Å²) in [5.74, 6) is 3.00. The third kappa shape index (κ3) is 3.92. The van der Waals surface area contributed by atoms with Crippen LogP contribution in [0.2, 0.25) is 0 Å². The Morgan fingerprint density at radius 3 is 2.79 bits per heavy atom. The van der Waals surface area contributed by atoms with Crippen LogP contribution in [-0.4, -0.2) is 49.6 Å². The molecule has 0 heterocycles. The van der Waals surface area contributed by atoms with Gasteiger partial charge in [-0.1, -0.05) is 30.7 Å². The summed E-state index contributed by atoms with van der Waals surface area (Å²) in [6, 6.07) is 0. The highest BCUT2D eigenvalue weighted by atomic mass is 16.6. The van der Waals surface area contributed by atoms with Crippen LogP contribution in [0.4, 0.5) is 0 Å². The second-order valence-electron chi connectivity index (χ2n) is 11.1. The Kier molecular flexibility index (Phi) is 6.14. The van der Waals surface area contributed by atoms with E-state index in [1.54, 1.807) is 5.57 Å². The Balaban J connectivity index is 1.41. The third-order valence-corrected chi connectivity index (χ3v) is 9.31. The van der Waals surface area contributed by atoms with E-state index in [4.69, 9.17) is 4.84 Å². The van der Waals surface area contributed by atoms with Crippen LogP contribution in [0.5, 0.6) is 0 Å². The summed E-state index contributed by atoms with van der Waals surface area (Å²) in [4.78, 5) is 7.77. The molecule has 4 aliphatic carbocycles. The van der Waals surface area contributed by atoms with Crippen molar-refractivity contribution in [1.29, 1.82) is 0 Å². The standard InChI is InChI=1S/C25H42N2O2/c1-24-12-10-20(28)16-18(24)6-8-21-22-9-7-19(25(22,2)13-11-23(21)24)17-26-29-15-5-14-27(3)4/h6,17,19-23,28H,5,7-16H2,1-4H3/t19-,20+,21+,22+,23+,24+,25-/m1/s1. The first-order valence-corrected chi connectivity index (χ1v) is 12.0. The van der Waals surface area contributed by atoms with Crippen LogP contribution in [0.3, 0.4) is 0 Å². The highest BCUT2D eigenvalue weighted by Gasteiger charge is 2.58. The van der Waals surface area contributed by atoms with Crippen molar-refractivity contribution in [3.63, 3.8) is 0 Å². The number of nitrogens with zero attached hydrogens (tertiary/aromatic N) is 2. The number of rotatable bonds is 6. The zero-order valence-electron chi connectivity index (χ0n) is 19.1. The van der Waals surface area contributed by atoms with Crippen LogP contribution in [0, 0.1) is 34.5 Å². The predicted octanol–water partition coefficient (Wildman–Crippen LogP) is 4.88. The van der Waals surface area contributed by atoms with Gasteiger partial charge in [0.25, 0.3) is 0 Å². The molecule has 3 fully saturated rings. The van der Waals surface area contributed by atoms with Gasteiger partial charge in [-0.2, -0.15) is 0 Å². The van der Waals surface area contributed by atoms with E-state index in [-0.39, 0.29) is 6.10 Å². The Morgan fingerprint density at radius 2 is 2.00 bits per heavy atom. The number of oxime groups is 1. The minimum Gasteiger partial charge on any atom is -0.396 e. The summed E-state index contributed by atoms with van der Waals surface area (Å²) in [6.45, 7) is 6.81. The maximum absolute atomic E-state index is 10.2. The molecule has 1 N–H and O–H groups in total. The monoisotopic (exact) mass is 402 g/mol. The first kappa shape index (κ1) is 21.4. The summed E-state index contributed by atoms with van der Waals surface area (Å²) in [6.07, 6.45) is 15.2. The van der Waals surface area contributed by atoms with E-state index in [0.717, 1.165) is 43.6 Å². The second kappa shape index (κ2) is 8.34. The van der Waals surface area contributed by atoms with Crippen LogP contribution in [0.15, 0.2) is 16.8 Å². The zero-order chi connectivity index (χ0) is 20.6. The van der Waals surface area contributed by atoms with E-state index in [1.165, 1.54) is 38.5 Å². The van der Waals surface area contributed by atoms with Gasteiger partial charge in [-0.3, -0.25) is 0 Å². The normalized spacial score (nSPS) is 44.3. The van der Waals surface area contributed by atoms with Gasteiger partial charge in [0.1, 0.15) is 6.61 Å². The van der Waals surface area contributed by atoms with Gasteiger partial charge in [0, 0.05) is 18.7 Å². The topological polar surface area (TPSA) is 45.1 Å². The van der Waals surface area contributed by atoms with Crippen molar-refractivity contribution in [2.75, 3.05) is 27.2 Å². The molecule has 7 atom stereocenters. The fraction of sp³-hybridized carbons (Fsp3) is 0.880. The van der Waals surface area contributed by atoms with E-state index in [9.17, 15) is 5.11 Å². The fourth-order valence-electron chi connectivity index (χ4n) is 7.54. The molecular weight excluding hydrogens is 360 g/mol. The van der Waals surface area contributed by atoms with Crippen molar-refractivity contribution < 1.29 is 9.94 Å². The molecule has 0 aromatic heterocycles. The van der Waals surface area contributed by atoms with Crippen LogP contribution >= 0.6 is 0 Å². The highest BCUT2D eigenvalue weighted by Crippen LogP contribution is 2.65. The van der Waals surface area contributed by atoms with Gasteiger partial charge in [0.05, 0.1) is 6.10 Å². The second-order valence-corrected chi connectivity index (χ2v) is 11.1. The third-order valence-electron chi connectivity index (χ3n) is 9.31. The molecule has 3 saturated carbocycles. The van der Waals surface area contributed by atoms with Crippen LogP contribution < -0.4 is 0 Å². The molecule has 4 rings (SSSR count). The predicted molar refractivity (Wildman–Crippen MR) is 119 cm³/mol. The summed E-state index contributed by atoms with van der Waals surface area (Å²) >= 11 is 0.